The van der Waals surface area contributed by atoms with Gasteiger partial charge in [-0.15, -0.1) is 0 Å². The van der Waals surface area contributed by atoms with Gasteiger partial charge in [0.05, 0.1) is 0 Å². The molecule has 2 rings (SSSR count). The topological polar surface area (TPSA) is 67.8 Å². The Morgan fingerprint density at radius 2 is 2.15 bits per heavy atom. The highest BCUT2D eigenvalue weighted by Gasteiger charge is 2.04. The van der Waals surface area contributed by atoms with Gasteiger partial charge >= 0.3 is 0 Å². The van der Waals surface area contributed by atoms with Gasteiger partial charge in [0.25, 0.3) is 0 Å². The van der Waals surface area contributed by atoms with Crippen LogP contribution in [0.1, 0.15) is 5.56 Å². The quantitative estimate of drug-likeness (QED) is 0.601. The molecule has 3 nitrogen and oxygen atoms in total. The molecule has 0 aliphatic carbocycles. The number of aromatic nitrogens is 1. The Hall–Kier alpha value is -1.48. The molecule has 1 aromatic heterocycles. The predicted octanol–water partition coefficient (Wildman–Crippen LogP) is 1.25. The van der Waals surface area contributed by atoms with E-state index in [1.165, 1.54) is 5.56 Å². The largest absolute Gasteiger partial charge is 0.398 e. The highest BCUT2D eigenvalue weighted by molar-refractivity contribution is 5.93. The maximum absolute atomic E-state index is 5.87. The summed E-state index contributed by atoms with van der Waals surface area (Å²) in [4.78, 5) is 3.18. The van der Waals surface area contributed by atoms with Crippen LogP contribution in [0.5, 0.6) is 0 Å². The van der Waals surface area contributed by atoms with Crippen LogP contribution in [-0.2, 0) is 6.42 Å². The average molecular weight is 175 g/mol. The lowest BCUT2D eigenvalue weighted by Crippen LogP contribution is -2.02. The van der Waals surface area contributed by atoms with E-state index in [4.69, 9.17) is 11.5 Å². The van der Waals surface area contributed by atoms with Gasteiger partial charge in [-0.25, -0.2) is 0 Å². The first-order chi connectivity index (χ1) is 6.33. The fourth-order valence-electron chi connectivity index (χ4n) is 1.64. The van der Waals surface area contributed by atoms with Crippen molar-refractivity contribution >= 4 is 16.6 Å². The lowest BCUT2D eigenvalue weighted by molar-refractivity contribution is 0.976. The summed E-state index contributed by atoms with van der Waals surface area (Å²) < 4.78 is 0. The van der Waals surface area contributed by atoms with Crippen LogP contribution in [0, 0.1) is 0 Å². The number of anilines is 1. The van der Waals surface area contributed by atoms with E-state index in [0.29, 0.717) is 6.54 Å². The number of H-pyrrole nitrogens is 1. The predicted molar refractivity (Wildman–Crippen MR) is 55.5 cm³/mol. The van der Waals surface area contributed by atoms with Gasteiger partial charge in [-0.2, -0.15) is 0 Å². The van der Waals surface area contributed by atoms with Crippen molar-refractivity contribution in [2.75, 3.05) is 12.3 Å². The molecule has 0 atom stereocenters. The normalized spacial score (nSPS) is 10.8. The third kappa shape index (κ3) is 1.27. The molecule has 0 saturated carbocycles. The molecule has 1 heterocycles. The van der Waals surface area contributed by atoms with E-state index >= 15 is 0 Å². The summed E-state index contributed by atoms with van der Waals surface area (Å²) in [5, 5.41) is 1.12. The summed E-state index contributed by atoms with van der Waals surface area (Å²) in [5.74, 6) is 0. The van der Waals surface area contributed by atoms with E-state index in [-0.39, 0.29) is 0 Å². The van der Waals surface area contributed by atoms with Crippen LogP contribution in [0.25, 0.3) is 10.9 Å². The minimum atomic E-state index is 0.654. The zero-order valence-electron chi connectivity index (χ0n) is 7.38. The molecule has 0 fully saturated rings. The number of nitrogens with one attached hydrogen (secondary N) is 1. The van der Waals surface area contributed by atoms with Crippen molar-refractivity contribution in [2.24, 2.45) is 5.73 Å². The van der Waals surface area contributed by atoms with E-state index in [1.807, 2.05) is 24.4 Å². The summed E-state index contributed by atoms with van der Waals surface area (Å²) in [6.45, 7) is 0.654. The molecule has 2 aromatic rings. The number of hydrogen-bond donors (Lipinski definition) is 3. The minimum absolute atomic E-state index is 0.654. The van der Waals surface area contributed by atoms with Crippen LogP contribution >= 0.6 is 0 Å². The smallest absolute Gasteiger partial charge is 0.0477 e. The monoisotopic (exact) mass is 175 g/mol. The Labute approximate surface area is 76.7 Å². The second-order valence-electron chi connectivity index (χ2n) is 3.12. The fourth-order valence-corrected chi connectivity index (χ4v) is 1.64. The molecule has 0 amide bonds. The molecule has 0 unspecified atom stereocenters. The first-order valence-corrected chi connectivity index (χ1v) is 4.37. The molecule has 0 saturated heterocycles. The number of rotatable bonds is 2. The van der Waals surface area contributed by atoms with Gasteiger partial charge in [0.15, 0.2) is 0 Å². The first-order valence-electron chi connectivity index (χ1n) is 4.37. The lowest BCUT2D eigenvalue weighted by atomic mass is 10.1. The number of fused-ring (bicyclic) bond motifs is 1. The van der Waals surface area contributed by atoms with E-state index in [2.05, 4.69) is 4.98 Å². The van der Waals surface area contributed by atoms with Crippen molar-refractivity contribution in [2.45, 2.75) is 6.42 Å². The number of aromatic amines is 1. The fraction of sp³-hybridized carbons (Fsp3) is 0.200. The van der Waals surface area contributed by atoms with Crippen LogP contribution in [0.2, 0.25) is 0 Å². The number of nitrogen functional groups attached to an aromatic ring is 1. The molecule has 3 heteroatoms. The SMILES string of the molecule is NCCc1c[nH]c2cccc(N)c12. The average Bonchev–Trinajstić information content (AvgIpc) is 2.51. The van der Waals surface area contributed by atoms with Gasteiger partial charge in [-0.3, -0.25) is 0 Å². The molecule has 5 N–H and O–H groups in total. The molecule has 68 valence electrons. The van der Waals surface area contributed by atoms with Crippen molar-refractivity contribution in [3.63, 3.8) is 0 Å². The Bertz CT molecular complexity index is 417. The highest BCUT2D eigenvalue weighted by Crippen LogP contribution is 2.24. The van der Waals surface area contributed by atoms with E-state index in [0.717, 1.165) is 23.0 Å². The van der Waals surface area contributed by atoms with Gasteiger partial charge in [0, 0.05) is 22.8 Å². The van der Waals surface area contributed by atoms with Crippen LogP contribution in [0.3, 0.4) is 0 Å². The number of benzene rings is 1. The number of nitrogens with two attached hydrogens (primary N) is 2. The number of hydrogen-bond acceptors (Lipinski definition) is 2. The van der Waals surface area contributed by atoms with Crippen molar-refractivity contribution in [1.82, 2.24) is 4.98 Å². The third-order valence-corrected chi connectivity index (χ3v) is 2.23. The van der Waals surface area contributed by atoms with Gasteiger partial charge in [0.2, 0.25) is 0 Å². The van der Waals surface area contributed by atoms with Gasteiger partial charge in [-0.05, 0) is 30.7 Å². The maximum atomic E-state index is 5.87. The standard InChI is InChI=1S/C10H13N3/c11-5-4-7-6-13-9-3-1-2-8(12)10(7)9/h1-3,6,13H,4-5,11-12H2. The van der Waals surface area contributed by atoms with E-state index in [1.54, 1.807) is 0 Å². The van der Waals surface area contributed by atoms with Gasteiger partial charge < -0.3 is 16.5 Å². The van der Waals surface area contributed by atoms with Crippen LogP contribution in [0.4, 0.5) is 5.69 Å². The van der Waals surface area contributed by atoms with Crippen molar-refractivity contribution in [1.29, 1.82) is 0 Å². The second-order valence-corrected chi connectivity index (χ2v) is 3.12. The van der Waals surface area contributed by atoms with Crippen molar-refractivity contribution in [3.05, 3.63) is 30.0 Å². The van der Waals surface area contributed by atoms with E-state index < -0.39 is 0 Å². The summed E-state index contributed by atoms with van der Waals surface area (Å²) >= 11 is 0. The molecular formula is C10H13N3. The Balaban J connectivity index is 2.64. The second kappa shape index (κ2) is 3.11. The summed E-state index contributed by atoms with van der Waals surface area (Å²) in [6.07, 6.45) is 2.85. The van der Waals surface area contributed by atoms with Crippen LogP contribution in [-0.4, -0.2) is 11.5 Å². The van der Waals surface area contributed by atoms with E-state index in [9.17, 15) is 0 Å². The molecule has 1 aromatic carbocycles. The summed E-state index contributed by atoms with van der Waals surface area (Å²) in [6, 6.07) is 5.88. The Kier molecular flexibility index (Phi) is 1.94. The zero-order valence-corrected chi connectivity index (χ0v) is 7.38. The van der Waals surface area contributed by atoms with Crippen molar-refractivity contribution in [3.8, 4) is 0 Å². The molecule has 0 spiro atoms. The Morgan fingerprint density at radius 1 is 1.31 bits per heavy atom. The molecule has 0 bridgehead atoms. The molecule has 0 aliphatic heterocycles. The van der Waals surface area contributed by atoms with Crippen molar-refractivity contribution < 1.29 is 0 Å². The van der Waals surface area contributed by atoms with Gasteiger partial charge in [0.1, 0.15) is 0 Å². The summed E-state index contributed by atoms with van der Waals surface area (Å²) in [7, 11) is 0. The van der Waals surface area contributed by atoms with Crippen LogP contribution in [0.15, 0.2) is 24.4 Å². The highest BCUT2D eigenvalue weighted by atomic mass is 14.7. The minimum Gasteiger partial charge on any atom is -0.398 e. The Morgan fingerprint density at radius 3 is 2.92 bits per heavy atom. The summed E-state index contributed by atoms with van der Waals surface area (Å²) in [5.41, 5.74) is 14.5. The zero-order chi connectivity index (χ0) is 9.26. The van der Waals surface area contributed by atoms with Crippen LogP contribution < -0.4 is 11.5 Å². The molecule has 0 aliphatic rings. The maximum Gasteiger partial charge on any atom is 0.0477 e. The first kappa shape index (κ1) is 8.13. The molecular weight excluding hydrogens is 162 g/mol. The van der Waals surface area contributed by atoms with Gasteiger partial charge in [-0.1, -0.05) is 6.07 Å². The third-order valence-electron chi connectivity index (χ3n) is 2.23. The molecule has 0 radical (unpaired) electrons. The lowest BCUT2D eigenvalue weighted by Gasteiger charge is -1.99. The molecule has 13 heavy (non-hydrogen) atoms.